The van der Waals surface area contributed by atoms with Crippen LogP contribution in [0.1, 0.15) is 5.56 Å². The molecular weight excluding hydrogens is 342 g/mol. The SMILES string of the molecule is O=C(COc1ccc(Br)cc1)NCc1ccccc1Cl. The maximum Gasteiger partial charge on any atom is 0.258 e. The molecule has 0 aliphatic carbocycles. The zero-order valence-electron chi connectivity index (χ0n) is 10.6. The highest BCUT2D eigenvalue weighted by molar-refractivity contribution is 9.10. The molecule has 0 saturated carbocycles. The Labute approximate surface area is 131 Å². The molecule has 2 rings (SSSR count). The van der Waals surface area contributed by atoms with Gasteiger partial charge >= 0.3 is 0 Å². The van der Waals surface area contributed by atoms with Gasteiger partial charge < -0.3 is 10.1 Å². The first-order chi connectivity index (χ1) is 9.65. The van der Waals surface area contributed by atoms with Crippen LogP contribution in [0.2, 0.25) is 5.02 Å². The van der Waals surface area contributed by atoms with Gasteiger partial charge in [-0.15, -0.1) is 0 Å². The number of carbonyl (C=O) groups is 1. The summed E-state index contributed by atoms with van der Waals surface area (Å²) in [5.41, 5.74) is 0.881. The molecule has 0 radical (unpaired) electrons. The second-order valence-electron chi connectivity index (χ2n) is 4.11. The van der Waals surface area contributed by atoms with Crippen molar-refractivity contribution in [1.29, 1.82) is 0 Å². The van der Waals surface area contributed by atoms with Gasteiger partial charge in [0, 0.05) is 16.0 Å². The van der Waals surface area contributed by atoms with E-state index in [0.717, 1.165) is 10.0 Å². The van der Waals surface area contributed by atoms with Crippen LogP contribution < -0.4 is 10.1 Å². The number of rotatable bonds is 5. The molecule has 0 aromatic heterocycles. The molecule has 5 heteroatoms. The molecule has 0 atom stereocenters. The predicted octanol–water partition coefficient (Wildman–Crippen LogP) is 3.80. The van der Waals surface area contributed by atoms with E-state index >= 15 is 0 Å². The largest absolute Gasteiger partial charge is 0.484 e. The Kier molecular flexibility index (Phi) is 5.44. The normalized spacial score (nSPS) is 10.1. The topological polar surface area (TPSA) is 38.3 Å². The average Bonchev–Trinajstić information content (AvgIpc) is 2.46. The van der Waals surface area contributed by atoms with Crippen LogP contribution in [0.5, 0.6) is 5.75 Å². The van der Waals surface area contributed by atoms with Crippen LogP contribution in [0.15, 0.2) is 53.0 Å². The molecule has 0 bridgehead atoms. The highest BCUT2D eigenvalue weighted by Crippen LogP contribution is 2.16. The number of amides is 1. The van der Waals surface area contributed by atoms with E-state index in [1.807, 2.05) is 30.3 Å². The lowest BCUT2D eigenvalue weighted by atomic mass is 10.2. The highest BCUT2D eigenvalue weighted by Gasteiger charge is 2.04. The molecule has 1 amide bonds. The molecule has 0 aliphatic heterocycles. The number of hydrogen-bond donors (Lipinski definition) is 1. The Hall–Kier alpha value is -1.52. The van der Waals surface area contributed by atoms with Crippen molar-refractivity contribution in [3.8, 4) is 5.75 Å². The van der Waals surface area contributed by atoms with Crippen molar-refractivity contribution in [2.45, 2.75) is 6.54 Å². The van der Waals surface area contributed by atoms with Crippen LogP contribution in [-0.4, -0.2) is 12.5 Å². The van der Waals surface area contributed by atoms with Crippen molar-refractivity contribution in [3.63, 3.8) is 0 Å². The van der Waals surface area contributed by atoms with E-state index in [9.17, 15) is 4.79 Å². The second-order valence-corrected chi connectivity index (χ2v) is 5.43. The highest BCUT2D eigenvalue weighted by atomic mass is 79.9. The molecule has 0 heterocycles. The summed E-state index contributed by atoms with van der Waals surface area (Å²) >= 11 is 9.34. The van der Waals surface area contributed by atoms with Gasteiger partial charge in [0.1, 0.15) is 5.75 Å². The first-order valence-electron chi connectivity index (χ1n) is 6.03. The summed E-state index contributed by atoms with van der Waals surface area (Å²) in [5, 5.41) is 3.40. The van der Waals surface area contributed by atoms with E-state index in [4.69, 9.17) is 16.3 Å². The van der Waals surface area contributed by atoms with Gasteiger partial charge in [-0.1, -0.05) is 45.7 Å². The molecule has 0 spiro atoms. The Balaban J connectivity index is 1.78. The zero-order valence-corrected chi connectivity index (χ0v) is 12.9. The van der Waals surface area contributed by atoms with Crippen molar-refractivity contribution in [2.75, 3.05) is 6.61 Å². The van der Waals surface area contributed by atoms with Gasteiger partial charge in [-0.25, -0.2) is 0 Å². The van der Waals surface area contributed by atoms with Gasteiger partial charge in [0.25, 0.3) is 5.91 Å². The van der Waals surface area contributed by atoms with Crippen LogP contribution in [0.4, 0.5) is 0 Å². The average molecular weight is 355 g/mol. The van der Waals surface area contributed by atoms with E-state index in [-0.39, 0.29) is 12.5 Å². The number of nitrogens with one attached hydrogen (secondary N) is 1. The third-order valence-corrected chi connectivity index (χ3v) is 3.51. The second kappa shape index (κ2) is 7.31. The standard InChI is InChI=1S/C15H13BrClNO2/c16-12-5-7-13(8-6-12)20-10-15(19)18-9-11-3-1-2-4-14(11)17/h1-8H,9-10H2,(H,18,19). The van der Waals surface area contributed by atoms with Gasteiger partial charge in [-0.05, 0) is 35.9 Å². The van der Waals surface area contributed by atoms with Crippen LogP contribution >= 0.6 is 27.5 Å². The molecule has 1 N–H and O–H groups in total. The Bertz CT molecular complexity index is 587. The van der Waals surface area contributed by atoms with E-state index in [1.54, 1.807) is 18.2 Å². The van der Waals surface area contributed by atoms with Crippen molar-refractivity contribution < 1.29 is 9.53 Å². The summed E-state index contributed by atoms with van der Waals surface area (Å²) in [4.78, 5) is 11.7. The smallest absolute Gasteiger partial charge is 0.258 e. The summed E-state index contributed by atoms with van der Waals surface area (Å²) in [7, 11) is 0. The molecular formula is C15H13BrClNO2. The maximum atomic E-state index is 11.7. The maximum absolute atomic E-state index is 11.7. The Morgan fingerprint density at radius 2 is 1.85 bits per heavy atom. The summed E-state index contributed by atoms with van der Waals surface area (Å²) in [6, 6.07) is 14.7. The fourth-order valence-electron chi connectivity index (χ4n) is 1.57. The number of ether oxygens (including phenoxy) is 1. The molecule has 0 aliphatic rings. The Morgan fingerprint density at radius 1 is 1.15 bits per heavy atom. The van der Waals surface area contributed by atoms with Crippen LogP contribution in [0.3, 0.4) is 0 Å². The lowest BCUT2D eigenvalue weighted by molar-refractivity contribution is -0.123. The fraction of sp³-hybridized carbons (Fsp3) is 0.133. The van der Waals surface area contributed by atoms with Gasteiger partial charge in [-0.3, -0.25) is 4.79 Å². The first-order valence-corrected chi connectivity index (χ1v) is 7.21. The molecule has 3 nitrogen and oxygen atoms in total. The van der Waals surface area contributed by atoms with E-state index < -0.39 is 0 Å². The van der Waals surface area contributed by atoms with Crippen LogP contribution in [0.25, 0.3) is 0 Å². The minimum atomic E-state index is -0.187. The lowest BCUT2D eigenvalue weighted by Crippen LogP contribution is -2.28. The van der Waals surface area contributed by atoms with Crippen molar-refractivity contribution >= 4 is 33.4 Å². The molecule has 0 saturated heterocycles. The van der Waals surface area contributed by atoms with E-state index in [1.165, 1.54) is 0 Å². The Morgan fingerprint density at radius 3 is 2.55 bits per heavy atom. The van der Waals surface area contributed by atoms with Gasteiger partial charge in [0.2, 0.25) is 0 Å². The number of carbonyl (C=O) groups excluding carboxylic acids is 1. The number of halogens is 2. The predicted molar refractivity (Wildman–Crippen MR) is 82.9 cm³/mol. The number of hydrogen-bond acceptors (Lipinski definition) is 2. The zero-order chi connectivity index (χ0) is 14.4. The molecule has 0 unspecified atom stereocenters. The van der Waals surface area contributed by atoms with E-state index in [0.29, 0.717) is 17.3 Å². The third-order valence-electron chi connectivity index (χ3n) is 2.62. The van der Waals surface area contributed by atoms with Crippen LogP contribution in [0, 0.1) is 0 Å². The monoisotopic (exact) mass is 353 g/mol. The quantitative estimate of drug-likeness (QED) is 0.887. The summed E-state index contributed by atoms with van der Waals surface area (Å²) < 4.78 is 6.34. The van der Waals surface area contributed by atoms with Gasteiger partial charge in [-0.2, -0.15) is 0 Å². The van der Waals surface area contributed by atoms with Crippen molar-refractivity contribution in [2.24, 2.45) is 0 Å². The van der Waals surface area contributed by atoms with Crippen molar-refractivity contribution in [1.82, 2.24) is 5.32 Å². The minimum absolute atomic E-state index is 0.0217. The summed E-state index contributed by atoms with van der Waals surface area (Å²) in [6.45, 7) is 0.369. The fourth-order valence-corrected chi connectivity index (χ4v) is 2.03. The van der Waals surface area contributed by atoms with Gasteiger partial charge in [0.15, 0.2) is 6.61 Å². The van der Waals surface area contributed by atoms with Gasteiger partial charge in [0.05, 0.1) is 0 Å². The molecule has 104 valence electrons. The third kappa shape index (κ3) is 4.54. The lowest BCUT2D eigenvalue weighted by Gasteiger charge is -2.08. The number of benzene rings is 2. The first kappa shape index (κ1) is 14.9. The summed E-state index contributed by atoms with van der Waals surface area (Å²) in [5.74, 6) is 0.467. The molecule has 2 aromatic rings. The van der Waals surface area contributed by atoms with E-state index in [2.05, 4.69) is 21.2 Å². The molecule has 20 heavy (non-hydrogen) atoms. The minimum Gasteiger partial charge on any atom is -0.484 e. The van der Waals surface area contributed by atoms with Crippen molar-refractivity contribution in [3.05, 3.63) is 63.6 Å². The summed E-state index contributed by atoms with van der Waals surface area (Å²) in [6.07, 6.45) is 0. The molecule has 0 fully saturated rings. The van der Waals surface area contributed by atoms with Crippen LogP contribution in [-0.2, 0) is 11.3 Å². The molecule has 2 aromatic carbocycles.